The first-order chi connectivity index (χ1) is 5.11. The summed E-state index contributed by atoms with van der Waals surface area (Å²) in [6, 6.07) is 3.85. The molecule has 4 N–H and O–H groups in total. The molecule has 0 fully saturated rings. The summed E-state index contributed by atoms with van der Waals surface area (Å²) < 4.78 is 12.4. The lowest BCUT2D eigenvalue weighted by molar-refractivity contribution is -0.114. The number of hydrogen-bond acceptors (Lipinski definition) is 0. The number of nitrogens with two attached hydrogens (primary N) is 2. The van der Waals surface area contributed by atoms with Crippen LogP contribution in [0.15, 0.2) is 18.2 Å². The van der Waals surface area contributed by atoms with Gasteiger partial charge in [-0.25, -0.2) is 4.39 Å². The highest BCUT2D eigenvalue weighted by molar-refractivity contribution is 6.33. The summed E-state index contributed by atoms with van der Waals surface area (Å²) in [7, 11) is 0. The van der Waals surface area contributed by atoms with Gasteiger partial charge in [-0.15, -0.1) is 0 Å². The van der Waals surface area contributed by atoms with E-state index in [9.17, 15) is 4.39 Å². The van der Waals surface area contributed by atoms with Crippen molar-refractivity contribution in [1.82, 2.24) is 0 Å². The predicted octanol–water partition coefficient (Wildman–Crippen LogP) is -0.0565. The van der Waals surface area contributed by atoms with Crippen LogP contribution in [0.2, 0.25) is 5.02 Å². The SMILES string of the molecule is NC(=[NH2+])c1ccc(F)cc1Cl. The first kappa shape index (κ1) is 8.01. The topological polar surface area (TPSA) is 51.6 Å². The maximum Gasteiger partial charge on any atom is 0.272 e. The highest BCUT2D eigenvalue weighted by Gasteiger charge is 2.07. The van der Waals surface area contributed by atoms with Gasteiger partial charge in [0.25, 0.3) is 5.84 Å². The molecular formula is C7H7ClFN2+. The summed E-state index contributed by atoms with van der Waals surface area (Å²) in [6.07, 6.45) is 0. The molecule has 2 nitrogen and oxygen atoms in total. The molecule has 0 unspecified atom stereocenters. The summed E-state index contributed by atoms with van der Waals surface area (Å²) in [6.45, 7) is 0. The summed E-state index contributed by atoms with van der Waals surface area (Å²) >= 11 is 5.60. The Kier molecular flexibility index (Phi) is 2.10. The average molecular weight is 174 g/mol. The fourth-order valence-electron chi connectivity index (χ4n) is 0.724. The van der Waals surface area contributed by atoms with E-state index < -0.39 is 5.82 Å². The molecule has 0 saturated heterocycles. The Balaban J connectivity index is 3.20. The molecule has 11 heavy (non-hydrogen) atoms. The van der Waals surface area contributed by atoms with E-state index in [1.165, 1.54) is 12.1 Å². The highest BCUT2D eigenvalue weighted by atomic mass is 35.5. The lowest BCUT2D eigenvalue weighted by atomic mass is 10.2. The monoisotopic (exact) mass is 173 g/mol. The van der Waals surface area contributed by atoms with Crippen LogP contribution in [0.1, 0.15) is 5.56 Å². The van der Waals surface area contributed by atoms with Crippen molar-refractivity contribution < 1.29 is 9.80 Å². The Labute approximate surface area is 68.3 Å². The van der Waals surface area contributed by atoms with Crippen LogP contribution >= 0.6 is 11.6 Å². The van der Waals surface area contributed by atoms with E-state index in [4.69, 9.17) is 22.7 Å². The third kappa shape index (κ3) is 1.68. The molecule has 0 saturated carbocycles. The van der Waals surface area contributed by atoms with Crippen LogP contribution in [0.4, 0.5) is 4.39 Å². The van der Waals surface area contributed by atoms with Gasteiger partial charge in [-0.05, 0) is 18.2 Å². The molecular weight excluding hydrogens is 167 g/mol. The summed E-state index contributed by atoms with van der Waals surface area (Å²) in [5.41, 5.74) is 5.72. The Bertz CT molecular complexity index is 298. The molecule has 1 rings (SSSR count). The third-order valence-corrected chi connectivity index (χ3v) is 1.55. The van der Waals surface area contributed by atoms with Gasteiger partial charge in [0.05, 0.1) is 10.6 Å². The Hall–Kier alpha value is -1.09. The van der Waals surface area contributed by atoms with Crippen molar-refractivity contribution in [3.63, 3.8) is 0 Å². The number of amidine groups is 1. The van der Waals surface area contributed by atoms with Crippen molar-refractivity contribution in [2.24, 2.45) is 5.73 Å². The summed E-state index contributed by atoms with van der Waals surface area (Å²) in [5.74, 6) is -0.310. The first-order valence-corrected chi connectivity index (χ1v) is 3.32. The number of benzene rings is 1. The molecule has 0 amide bonds. The van der Waals surface area contributed by atoms with E-state index in [-0.39, 0.29) is 10.9 Å². The van der Waals surface area contributed by atoms with E-state index in [1.54, 1.807) is 0 Å². The fourth-order valence-corrected chi connectivity index (χ4v) is 1.000. The van der Waals surface area contributed by atoms with E-state index in [1.807, 2.05) is 0 Å². The van der Waals surface area contributed by atoms with Gasteiger partial charge >= 0.3 is 0 Å². The highest BCUT2D eigenvalue weighted by Crippen LogP contribution is 2.15. The second kappa shape index (κ2) is 2.88. The number of halogens is 2. The van der Waals surface area contributed by atoms with Gasteiger partial charge in [0.2, 0.25) is 0 Å². The van der Waals surface area contributed by atoms with Crippen molar-refractivity contribution in [1.29, 1.82) is 0 Å². The van der Waals surface area contributed by atoms with E-state index in [0.717, 1.165) is 6.07 Å². The second-order valence-electron chi connectivity index (χ2n) is 2.08. The zero-order valence-corrected chi connectivity index (χ0v) is 6.40. The van der Waals surface area contributed by atoms with Gasteiger partial charge in [-0.3, -0.25) is 11.1 Å². The smallest absolute Gasteiger partial charge is 0.272 e. The van der Waals surface area contributed by atoms with E-state index in [0.29, 0.717) is 5.56 Å². The molecule has 1 aromatic rings. The fraction of sp³-hybridized carbons (Fsp3) is 0. The molecule has 0 bridgehead atoms. The molecule has 0 aliphatic rings. The van der Waals surface area contributed by atoms with Crippen molar-refractivity contribution in [3.8, 4) is 0 Å². The zero-order valence-electron chi connectivity index (χ0n) is 5.64. The van der Waals surface area contributed by atoms with Gasteiger partial charge < -0.3 is 0 Å². The van der Waals surface area contributed by atoms with Crippen LogP contribution in [0, 0.1) is 5.82 Å². The molecule has 0 aliphatic carbocycles. The largest absolute Gasteiger partial charge is 0.287 e. The third-order valence-electron chi connectivity index (χ3n) is 1.24. The van der Waals surface area contributed by atoms with Crippen molar-refractivity contribution >= 4 is 17.4 Å². The number of rotatable bonds is 1. The maximum absolute atomic E-state index is 12.4. The van der Waals surface area contributed by atoms with Gasteiger partial charge in [-0.1, -0.05) is 11.6 Å². The van der Waals surface area contributed by atoms with Crippen LogP contribution < -0.4 is 11.1 Å². The minimum Gasteiger partial charge on any atom is -0.287 e. The number of hydrogen-bond donors (Lipinski definition) is 2. The molecule has 4 heteroatoms. The lowest BCUT2D eigenvalue weighted by Crippen LogP contribution is -2.46. The summed E-state index contributed by atoms with van der Waals surface area (Å²) in [4.78, 5) is 0. The second-order valence-corrected chi connectivity index (χ2v) is 2.49. The van der Waals surface area contributed by atoms with Crippen LogP contribution in [-0.2, 0) is 0 Å². The van der Waals surface area contributed by atoms with Crippen molar-refractivity contribution in [2.45, 2.75) is 0 Å². The van der Waals surface area contributed by atoms with Gasteiger partial charge in [0.15, 0.2) is 0 Å². The van der Waals surface area contributed by atoms with Crippen molar-refractivity contribution in [3.05, 3.63) is 34.6 Å². The standard InChI is InChI=1S/C7H6ClFN2/c8-6-3-4(9)1-2-5(6)7(10)11/h1-3H,(H3,10,11)/p+1. The average Bonchev–Trinajstić information content (AvgIpc) is 1.85. The van der Waals surface area contributed by atoms with Gasteiger partial charge in [0, 0.05) is 0 Å². The van der Waals surface area contributed by atoms with Crippen LogP contribution in [0.3, 0.4) is 0 Å². The molecule has 0 atom stereocenters. The molecule has 1 aromatic carbocycles. The van der Waals surface area contributed by atoms with Crippen LogP contribution in [0.5, 0.6) is 0 Å². The molecule has 0 radical (unpaired) electrons. The molecule has 0 aliphatic heterocycles. The van der Waals surface area contributed by atoms with Crippen molar-refractivity contribution in [2.75, 3.05) is 0 Å². The molecule has 0 heterocycles. The molecule has 0 spiro atoms. The Morgan fingerprint density at radius 2 is 2.18 bits per heavy atom. The Morgan fingerprint density at radius 3 is 2.64 bits per heavy atom. The van der Waals surface area contributed by atoms with Gasteiger partial charge in [0.1, 0.15) is 5.82 Å². The molecule has 58 valence electrons. The Morgan fingerprint density at radius 1 is 1.55 bits per heavy atom. The minimum atomic E-state index is -0.403. The maximum atomic E-state index is 12.4. The van der Waals surface area contributed by atoms with Crippen LogP contribution in [-0.4, -0.2) is 5.84 Å². The van der Waals surface area contributed by atoms with Crippen LogP contribution in [0.25, 0.3) is 0 Å². The van der Waals surface area contributed by atoms with E-state index >= 15 is 0 Å². The normalized spacial score (nSPS) is 9.64. The minimum absolute atomic E-state index is 0.0926. The lowest BCUT2D eigenvalue weighted by Gasteiger charge is -1.96. The quantitative estimate of drug-likeness (QED) is 0.454. The zero-order chi connectivity index (χ0) is 8.43. The first-order valence-electron chi connectivity index (χ1n) is 2.94. The van der Waals surface area contributed by atoms with Gasteiger partial charge in [-0.2, -0.15) is 0 Å². The summed E-state index contributed by atoms with van der Waals surface area (Å²) in [5, 5.41) is 5.48. The van der Waals surface area contributed by atoms with E-state index in [2.05, 4.69) is 0 Å². The predicted molar refractivity (Wildman–Crippen MR) is 41.6 cm³/mol. The molecule has 0 aromatic heterocycles.